The van der Waals surface area contributed by atoms with E-state index < -0.39 is 5.54 Å². The Bertz CT molecular complexity index is 1870. The van der Waals surface area contributed by atoms with Gasteiger partial charge in [0.1, 0.15) is 12.1 Å². The van der Waals surface area contributed by atoms with Crippen molar-refractivity contribution in [3.63, 3.8) is 0 Å². The Balaban J connectivity index is 1.06. The van der Waals surface area contributed by atoms with Crippen LogP contribution in [-0.4, -0.2) is 42.1 Å². The molecule has 1 spiro atoms. The molecule has 5 rings (SSSR count). The minimum absolute atomic E-state index is 0.217. The number of rotatable bonds is 6. The molecule has 3 aromatic carbocycles. The number of hydrogen-bond donors (Lipinski definition) is 1. The Kier molecular flexibility index (Phi) is 38.5. The van der Waals surface area contributed by atoms with Crippen molar-refractivity contribution in [3.8, 4) is 0 Å². The van der Waals surface area contributed by atoms with Gasteiger partial charge in [-0.1, -0.05) is 350 Å². The first-order chi connectivity index (χ1) is 39.7. The molecule has 6 nitrogen and oxygen atoms in total. The summed E-state index contributed by atoms with van der Waals surface area (Å²) < 4.78 is 5.71. The quantitative estimate of drug-likeness (QED) is 0.249. The third-order valence-electron chi connectivity index (χ3n) is 18.2. The second-order valence-corrected chi connectivity index (χ2v) is 25.2. The largest absolute Gasteiger partial charge is 0.457 e. The van der Waals surface area contributed by atoms with Crippen LogP contribution in [0.1, 0.15) is 330 Å². The van der Waals surface area contributed by atoms with E-state index in [2.05, 4.69) is 40.5 Å². The van der Waals surface area contributed by atoms with Crippen molar-refractivity contribution in [2.24, 2.45) is 0 Å². The predicted octanol–water partition coefficient (Wildman–Crippen LogP) is 21.9. The second-order valence-electron chi connectivity index (χ2n) is 25.2. The lowest BCUT2D eigenvalue weighted by Crippen LogP contribution is -2.51. The smallest absolute Gasteiger partial charge is 0.338 e. The fraction of sp³-hybridized carbons (Fsp3) is 0.730. The van der Waals surface area contributed by atoms with E-state index in [1.807, 2.05) is 59.5 Å². The molecule has 0 radical (unpaired) electrons. The number of carbonyl (C=O) groups excluding carboxylic acids is 2. The van der Waals surface area contributed by atoms with Crippen molar-refractivity contribution in [1.29, 1.82) is 0 Å². The molecule has 1 amide bonds. The normalized spacial score (nSPS) is 22.3. The summed E-state index contributed by atoms with van der Waals surface area (Å²) in [5.41, 5.74) is 2.92. The lowest BCUT2D eigenvalue weighted by Gasteiger charge is -2.37. The van der Waals surface area contributed by atoms with E-state index in [4.69, 9.17) is 4.74 Å². The lowest BCUT2D eigenvalue weighted by molar-refractivity contribution is -0.133. The molecule has 2 aliphatic heterocycles. The molecule has 0 bridgehead atoms. The van der Waals surface area contributed by atoms with E-state index in [1.54, 1.807) is 0 Å². The van der Waals surface area contributed by atoms with Gasteiger partial charge >= 0.3 is 5.97 Å². The fourth-order valence-electron chi connectivity index (χ4n) is 13.1. The van der Waals surface area contributed by atoms with Crippen LogP contribution in [0.25, 0.3) is 0 Å². The first-order valence-electron chi connectivity index (χ1n) is 34.8. The van der Waals surface area contributed by atoms with E-state index in [1.165, 1.54) is 283 Å². The highest BCUT2D eigenvalue weighted by molar-refractivity contribution is 5.93. The van der Waals surface area contributed by atoms with E-state index in [0.717, 1.165) is 55.6 Å². The maximum absolute atomic E-state index is 15.2. The Hall–Kier alpha value is -3.64. The molecule has 1 atom stereocenters. The molecule has 2 saturated heterocycles. The second kappa shape index (κ2) is 45.8. The van der Waals surface area contributed by atoms with Crippen molar-refractivity contribution in [1.82, 2.24) is 10.2 Å². The van der Waals surface area contributed by atoms with Gasteiger partial charge in [0.05, 0.1) is 12.2 Å². The zero-order chi connectivity index (χ0) is 55.9. The van der Waals surface area contributed by atoms with Crippen LogP contribution in [0.4, 0.5) is 5.69 Å². The van der Waals surface area contributed by atoms with Gasteiger partial charge in [-0.05, 0) is 67.7 Å². The summed E-state index contributed by atoms with van der Waals surface area (Å²) in [7, 11) is 0. The lowest BCUT2D eigenvalue weighted by atomic mass is 9.86. The van der Waals surface area contributed by atoms with Gasteiger partial charge in [0, 0.05) is 12.2 Å². The minimum Gasteiger partial charge on any atom is -0.457 e. The first-order valence-corrected chi connectivity index (χ1v) is 34.8. The molecular formula is C74H121N3O3. The molecule has 0 saturated carbocycles. The van der Waals surface area contributed by atoms with E-state index in [0.29, 0.717) is 18.8 Å². The summed E-state index contributed by atoms with van der Waals surface area (Å²) in [5, 5.41) is 3.82. The van der Waals surface area contributed by atoms with Crippen LogP contribution in [0.5, 0.6) is 0 Å². The Morgan fingerprint density at radius 3 is 1.14 bits per heavy atom. The number of esters is 1. The van der Waals surface area contributed by atoms with Crippen molar-refractivity contribution in [2.45, 2.75) is 327 Å². The molecule has 0 aliphatic carbocycles. The van der Waals surface area contributed by atoms with E-state index >= 15 is 4.79 Å². The highest BCUT2D eigenvalue weighted by atomic mass is 16.5. The number of para-hydroxylation sites is 1. The van der Waals surface area contributed by atoms with Crippen LogP contribution >= 0.6 is 0 Å². The average Bonchev–Trinajstić information content (AvgIpc) is 3.80. The summed E-state index contributed by atoms with van der Waals surface area (Å²) in [6.07, 6.45) is 66.3. The average molecular weight is 1100 g/mol. The Morgan fingerprint density at radius 1 is 0.388 bits per heavy atom. The van der Waals surface area contributed by atoms with Gasteiger partial charge in [0.15, 0.2) is 0 Å². The standard InChI is InChI=1S/C74H121N3O3/c78-72(80-66-68-54-47-45-48-55-68)70-57-53-56-69(64-70)65-76-67-77(71-58-49-46-50-59-71)74(73(76)79)60-51-43-41-39-37-35-33-31-29-27-25-23-21-19-17-15-13-11-9-7-5-3-1-2-4-6-8-10-12-14-16-18-20-22-24-26-28-30-32-34-36-38-40-42-44-52-62-75-63-61-74/h45-50,53-59,64,75H,1-44,51-52,60-63,65-67H2. The zero-order valence-corrected chi connectivity index (χ0v) is 51.7. The van der Waals surface area contributed by atoms with Crippen LogP contribution in [0, 0.1) is 0 Å². The van der Waals surface area contributed by atoms with Crippen molar-refractivity contribution in [3.05, 3.63) is 102 Å². The third kappa shape index (κ3) is 30.1. The number of nitrogens with one attached hydrogen (secondary N) is 1. The number of ether oxygens (including phenoxy) is 1. The van der Waals surface area contributed by atoms with Crippen LogP contribution in [0.15, 0.2) is 84.9 Å². The molecule has 2 aliphatic rings. The van der Waals surface area contributed by atoms with Crippen LogP contribution in [0.3, 0.4) is 0 Å². The number of nitrogens with zero attached hydrogens (tertiary/aromatic N) is 2. The molecule has 2 fully saturated rings. The number of amides is 1. The van der Waals surface area contributed by atoms with E-state index in [9.17, 15) is 4.79 Å². The maximum Gasteiger partial charge on any atom is 0.338 e. The SMILES string of the molecule is O=C(OCc1ccccc1)c1cccc(CN2CN(c3ccccc3)C3(CCCCCCCCCCCCCCCCCCCCCCCCCCCCCCCCCCCCCCCCCCCCCCCCNCC3)C2=O)c1. The van der Waals surface area contributed by atoms with Gasteiger partial charge in [-0.25, -0.2) is 4.79 Å². The van der Waals surface area contributed by atoms with Crippen molar-refractivity contribution in [2.75, 3.05) is 24.7 Å². The topological polar surface area (TPSA) is 61.9 Å². The molecule has 0 aromatic heterocycles. The number of anilines is 1. The highest BCUT2D eigenvalue weighted by Gasteiger charge is 2.51. The summed E-state index contributed by atoms with van der Waals surface area (Å²) >= 11 is 0. The van der Waals surface area contributed by atoms with Gasteiger partial charge in [-0.15, -0.1) is 0 Å². The molecule has 450 valence electrons. The number of hydrogen-bond acceptors (Lipinski definition) is 5. The monoisotopic (exact) mass is 1100 g/mol. The van der Waals surface area contributed by atoms with Gasteiger partial charge in [0.2, 0.25) is 5.91 Å². The van der Waals surface area contributed by atoms with Gasteiger partial charge in [-0.3, -0.25) is 4.79 Å². The molecule has 1 unspecified atom stereocenters. The van der Waals surface area contributed by atoms with E-state index in [-0.39, 0.29) is 18.5 Å². The molecule has 3 aromatic rings. The molecule has 1 N–H and O–H groups in total. The van der Waals surface area contributed by atoms with Gasteiger partial charge in [0.25, 0.3) is 0 Å². The van der Waals surface area contributed by atoms with Crippen LogP contribution in [0.2, 0.25) is 0 Å². The van der Waals surface area contributed by atoms with Crippen molar-refractivity contribution >= 4 is 17.6 Å². The molecule has 80 heavy (non-hydrogen) atoms. The fourth-order valence-corrected chi connectivity index (χ4v) is 13.1. The van der Waals surface area contributed by atoms with Crippen LogP contribution < -0.4 is 10.2 Å². The number of carbonyl (C=O) groups is 2. The molecular weight excluding hydrogens is 979 g/mol. The van der Waals surface area contributed by atoms with Gasteiger partial charge < -0.3 is 19.9 Å². The molecule has 6 heteroatoms. The Labute approximate surface area is 492 Å². The van der Waals surface area contributed by atoms with Crippen LogP contribution in [-0.2, 0) is 22.7 Å². The maximum atomic E-state index is 15.2. The predicted molar refractivity (Wildman–Crippen MR) is 344 cm³/mol. The third-order valence-corrected chi connectivity index (χ3v) is 18.2. The number of benzene rings is 3. The zero-order valence-electron chi connectivity index (χ0n) is 51.7. The summed E-state index contributed by atoms with van der Waals surface area (Å²) in [5.74, 6) is -0.124. The summed E-state index contributed by atoms with van der Waals surface area (Å²) in [6.45, 7) is 3.05. The minimum atomic E-state index is -0.623. The first kappa shape index (κ1) is 67.2. The Morgan fingerprint density at radius 2 is 0.738 bits per heavy atom. The van der Waals surface area contributed by atoms with Crippen molar-refractivity contribution < 1.29 is 14.3 Å². The van der Waals surface area contributed by atoms with Gasteiger partial charge in [-0.2, -0.15) is 0 Å². The molecule has 2 heterocycles. The highest BCUT2D eigenvalue weighted by Crippen LogP contribution is 2.39. The summed E-state index contributed by atoms with van der Waals surface area (Å²) in [6, 6.07) is 28.2. The summed E-state index contributed by atoms with van der Waals surface area (Å²) in [4.78, 5) is 32.9.